The van der Waals surface area contributed by atoms with E-state index >= 15 is 0 Å². The highest BCUT2D eigenvalue weighted by Gasteiger charge is 2.24. The van der Waals surface area contributed by atoms with E-state index in [1.807, 2.05) is 0 Å². The van der Waals surface area contributed by atoms with Crippen molar-refractivity contribution < 1.29 is 13.3 Å². The molecule has 1 aromatic carbocycles. The van der Waals surface area contributed by atoms with Crippen LogP contribution in [0.2, 0.25) is 0 Å². The molecule has 0 unspecified atom stereocenters. The number of nitro groups is 1. The van der Waals surface area contributed by atoms with Gasteiger partial charge in [0.15, 0.2) is 0 Å². The van der Waals surface area contributed by atoms with Crippen molar-refractivity contribution in [3.8, 4) is 0 Å². The number of aryl methyl sites for hydroxylation is 1. The van der Waals surface area contributed by atoms with Gasteiger partial charge in [-0.15, -0.1) is 0 Å². The van der Waals surface area contributed by atoms with Crippen molar-refractivity contribution in [2.45, 2.75) is 11.8 Å². The lowest BCUT2D eigenvalue weighted by molar-refractivity contribution is -0.384. The Labute approximate surface area is 115 Å². The molecule has 0 radical (unpaired) electrons. The quantitative estimate of drug-likeness (QED) is 0.678. The normalized spacial score (nSPS) is 11.3. The van der Waals surface area contributed by atoms with Gasteiger partial charge < -0.3 is 0 Å². The topological polar surface area (TPSA) is 109 Å². The Kier molecular flexibility index (Phi) is 3.45. The Hall–Kier alpha value is -2.42. The number of non-ortho nitro benzene ring substituents is 1. The van der Waals surface area contributed by atoms with Crippen molar-refractivity contribution in [3.05, 3.63) is 46.3 Å². The van der Waals surface area contributed by atoms with Gasteiger partial charge in [0.1, 0.15) is 4.90 Å². The first-order valence-corrected chi connectivity index (χ1v) is 7.01. The maximum atomic E-state index is 12.4. The van der Waals surface area contributed by atoms with Crippen molar-refractivity contribution in [2.24, 2.45) is 0 Å². The van der Waals surface area contributed by atoms with Gasteiger partial charge in [-0.2, -0.15) is 5.10 Å². The molecule has 2 aromatic rings. The smallest absolute Gasteiger partial charge is 0.269 e. The number of hydrogen-bond donors (Lipinski definition) is 1. The SMILES string of the molecule is Cc1[nH]ncc1S(=O)(=O)N(C)c1ccc([N+](=O)[O-])cc1. The summed E-state index contributed by atoms with van der Waals surface area (Å²) < 4.78 is 25.8. The molecule has 106 valence electrons. The monoisotopic (exact) mass is 296 g/mol. The summed E-state index contributed by atoms with van der Waals surface area (Å²) in [7, 11) is -2.36. The number of H-pyrrole nitrogens is 1. The van der Waals surface area contributed by atoms with E-state index in [1.54, 1.807) is 6.92 Å². The van der Waals surface area contributed by atoms with Crippen molar-refractivity contribution in [2.75, 3.05) is 11.4 Å². The second-order valence-electron chi connectivity index (χ2n) is 4.11. The van der Waals surface area contributed by atoms with Crippen LogP contribution in [0.15, 0.2) is 35.4 Å². The zero-order valence-corrected chi connectivity index (χ0v) is 11.6. The van der Waals surface area contributed by atoms with Gasteiger partial charge in [0.2, 0.25) is 0 Å². The van der Waals surface area contributed by atoms with Crippen LogP contribution in [0.3, 0.4) is 0 Å². The Morgan fingerprint density at radius 2 is 1.90 bits per heavy atom. The summed E-state index contributed by atoms with van der Waals surface area (Å²) in [6.45, 7) is 1.60. The van der Waals surface area contributed by atoms with Crippen LogP contribution in [0.1, 0.15) is 5.69 Å². The minimum Gasteiger partial charge on any atom is -0.281 e. The molecule has 0 atom stereocenters. The molecule has 0 spiro atoms. The molecule has 0 saturated heterocycles. The molecule has 0 aliphatic rings. The number of rotatable bonds is 4. The van der Waals surface area contributed by atoms with Crippen LogP contribution in [0.5, 0.6) is 0 Å². The number of nitro benzene ring substituents is 1. The molecule has 1 heterocycles. The number of nitrogens with one attached hydrogen (secondary N) is 1. The van der Waals surface area contributed by atoms with E-state index in [-0.39, 0.29) is 10.6 Å². The number of anilines is 1. The molecular formula is C11H12N4O4S. The predicted molar refractivity (Wildman–Crippen MR) is 72.0 cm³/mol. The Balaban J connectivity index is 2.38. The van der Waals surface area contributed by atoms with Gasteiger partial charge in [-0.3, -0.25) is 19.5 Å². The van der Waals surface area contributed by atoms with E-state index in [4.69, 9.17) is 0 Å². The van der Waals surface area contributed by atoms with Crippen LogP contribution >= 0.6 is 0 Å². The Bertz CT molecular complexity index is 736. The first-order valence-electron chi connectivity index (χ1n) is 5.57. The molecule has 0 bridgehead atoms. The molecule has 2 rings (SSSR count). The Morgan fingerprint density at radius 1 is 1.30 bits per heavy atom. The number of sulfonamides is 1. The first-order chi connectivity index (χ1) is 9.34. The third-order valence-corrected chi connectivity index (χ3v) is 4.75. The highest BCUT2D eigenvalue weighted by Crippen LogP contribution is 2.24. The molecular weight excluding hydrogens is 284 g/mol. The Morgan fingerprint density at radius 3 is 2.35 bits per heavy atom. The number of benzene rings is 1. The van der Waals surface area contributed by atoms with E-state index in [1.165, 1.54) is 37.5 Å². The van der Waals surface area contributed by atoms with Crippen molar-refractivity contribution >= 4 is 21.4 Å². The van der Waals surface area contributed by atoms with Crippen LogP contribution in [-0.2, 0) is 10.0 Å². The van der Waals surface area contributed by atoms with Crippen LogP contribution in [0.4, 0.5) is 11.4 Å². The molecule has 1 aromatic heterocycles. The van der Waals surface area contributed by atoms with Crippen molar-refractivity contribution in [3.63, 3.8) is 0 Å². The van der Waals surface area contributed by atoms with Crippen LogP contribution < -0.4 is 4.31 Å². The minimum absolute atomic E-state index is 0.0679. The van der Waals surface area contributed by atoms with E-state index in [2.05, 4.69) is 10.2 Å². The lowest BCUT2D eigenvalue weighted by atomic mass is 10.3. The highest BCUT2D eigenvalue weighted by molar-refractivity contribution is 7.92. The van der Waals surface area contributed by atoms with Crippen LogP contribution in [0, 0.1) is 17.0 Å². The van der Waals surface area contributed by atoms with E-state index in [9.17, 15) is 18.5 Å². The molecule has 0 fully saturated rings. The maximum absolute atomic E-state index is 12.4. The average molecular weight is 296 g/mol. The van der Waals surface area contributed by atoms with Gasteiger partial charge in [-0.25, -0.2) is 8.42 Å². The van der Waals surface area contributed by atoms with Crippen molar-refractivity contribution in [1.29, 1.82) is 0 Å². The summed E-state index contributed by atoms with van der Waals surface area (Å²) in [5.41, 5.74) is 0.661. The van der Waals surface area contributed by atoms with Gasteiger partial charge in [0.05, 0.1) is 22.5 Å². The van der Waals surface area contributed by atoms with Crippen LogP contribution in [0.25, 0.3) is 0 Å². The minimum atomic E-state index is -3.74. The fraction of sp³-hybridized carbons (Fsp3) is 0.182. The van der Waals surface area contributed by atoms with Gasteiger partial charge in [-0.1, -0.05) is 0 Å². The molecule has 0 saturated carbocycles. The largest absolute Gasteiger partial charge is 0.281 e. The first kappa shape index (κ1) is 14.0. The molecule has 0 aliphatic carbocycles. The molecule has 8 nitrogen and oxygen atoms in total. The second-order valence-corrected chi connectivity index (χ2v) is 6.04. The fourth-order valence-corrected chi connectivity index (χ4v) is 2.98. The van der Waals surface area contributed by atoms with E-state index < -0.39 is 14.9 Å². The predicted octanol–water partition coefficient (Wildman–Crippen LogP) is 1.45. The summed E-state index contributed by atoms with van der Waals surface area (Å²) in [5.74, 6) is 0. The second kappa shape index (κ2) is 4.93. The molecule has 0 aliphatic heterocycles. The number of nitrogens with zero attached hydrogens (tertiary/aromatic N) is 3. The summed E-state index contributed by atoms with van der Waals surface area (Å²) >= 11 is 0. The summed E-state index contributed by atoms with van der Waals surface area (Å²) in [6.07, 6.45) is 1.23. The molecule has 20 heavy (non-hydrogen) atoms. The maximum Gasteiger partial charge on any atom is 0.269 e. The summed E-state index contributed by atoms with van der Waals surface area (Å²) in [5, 5.41) is 16.8. The van der Waals surface area contributed by atoms with Crippen LogP contribution in [-0.4, -0.2) is 30.6 Å². The summed E-state index contributed by atoms with van der Waals surface area (Å²) in [4.78, 5) is 10.1. The number of aromatic nitrogens is 2. The average Bonchev–Trinajstić information content (AvgIpc) is 2.85. The molecule has 9 heteroatoms. The van der Waals surface area contributed by atoms with E-state index in [0.717, 1.165) is 4.31 Å². The number of hydrogen-bond acceptors (Lipinski definition) is 5. The van der Waals surface area contributed by atoms with Gasteiger partial charge in [-0.05, 0) is 19.1 Å². The lowest BCUT2D eigenvalue weighted by Gasteiger charge is -2.18. The highest BCUT2D eigenvalue weighted by atomic mass is 32.2. The van der Waals surface area contributed by atoms with Gasteiger partial charge in [0.25, 0.3) is 15.7 Å². The lowest BCUT2D eigenvalue weighted by Crippen LogP contribution is -2.26. The van der Waals surface area contributed by atoms with Gasteiger partial charge in [0, 0.05) is 19.2 Å². The zero-order valence-electron chi connectivity index (χ0n) is 10.8. The van der Waals surface area contributed by atoms with Crippen molar-refractivity contribution in [1.82, 2.24) is 10.2 Å². The van der Waals surface area contributed by atoms with E-state index in [0.29, 0.717) is 11.4 Å². The van der Waals surface area contributed by atoms with Gasteiger partial charge >= 0.3 is 0 Å². The standard InChI is InChI=1S/C11H12N4O4S/c1-8-11(7-12-13-8)20(18,19)14(2)9-3-5-10(6-4-9)15(16)17/h3-7H,1-2H3,(H,12,13). The molecule has 0 amide bonds. The third kappa shape index (κ3) is 2.35. The summed E-state index contributed by atoms with van der Waals surface area (Å²) in [6, 6.07) is 5.27. The molecule has 1 N–H and O–H groups in total. The zero-order chi connectivity index (χ0) is 14.9. The number of aromatic amines is 1. The fourth-order valence-electron chi connectivity index (χ4n) is 1.67. The third-order valence-electron chi connectivity index (χ3n) is 2.85.